The lowest BCUT2D eigenvalue weighted by atomic mass is 9.97. The van der Waals surface area contributed by atoms with Gasteiger partial charge in [0, 0.05) is 44.6 Å². The first-order valence-electron chi connectivity index (χ1n) is 20.4. The van der Waals surface area contributed by atoms with Crippen LogP contribution in [0.1, 0.15) is 11.1 Å². The number of hydrogen-bond acceptors (Lipinski definition) is 5. The Morgan fingerprint density at radius 1 is 0.453 bits per heavy atom. The predicted molar refractivity (Wildman–Crippen MR) is 255 cm³/mol. The summed E-state index contributed by atoms with van der Waals surface area (Å²) in [6.45, 7) is 16.6. The van der Waals surface area contributed by atoms with E-state index in [9.17, 15) is 10.5 Å². The van der Waals surface area contributed by atoms with Crippen molar-refractivity contribution < 1.29 is 0 Å². The fourth-order valence-corrected chi connectivity index (χ4v) is 8.27. The van der Waals surface area contributed by atoms with Crippen LogP contribution in [0.15, 0.2) is 194 Å². The van der Waals surface area contributed by atoms with Crippen LogP contribution in [0.4, 0.5) is 28.4 Å². The Kier molecular flexibility index (Phi) is 9.92. The molecular formula is C56H32N8. The molecule has 0 N–H and O–H groups in total. The van der Waals surface area contributed by atoms with Gasteiger partial charge in [-0.3, -0.25) is 0 Å². The van der Waals surface area contributed by atoms with Gasteiger partial charge < -0.3 is 9.47 Å². The van der Waals surface area contributed by atoms with Crippen molar-refractivity contribution in [2.24, 2.45) is 0 Å². The first kappa shape index (κ1) is 38.6. The van der Waals surface area contributed by atoms with E-state index in [0.717, 1.165) is 55.7 Å². The average Bonchev–Trinajstić information content (AvgIpc) is 3.70. The van der Waals surface area contributed by atoms with Gasteiger partial charge in [0.2, 0.25) is 0 Å². The Bertz CT molecular complexity index is 3420. The summed E-state index contributed by atoms with van der Waals surface area (Å²) in [5, 5.41) is 21.0. The highest BCUT2D eigenvalue weighted by atomic mass is 15.1. The molecule has 2 aromatic heterocycles. The van der Waals surface area contributed by atoms with Crippen molar-refractivity contribution in [3.63, 3.8) is 0 Å². The third-order valence-corrected chi connectivity index (χ3v) is 11.3. The third kappa shape index (κ3) is 7.02. The molecule has 10 aromatic rings. The van der Waals surface area contributed by atoms with Gasteiger partial charge in [-0.2, -0.15) is 10.5 Å². The number of aromatic nitrogens is 3. The average molecular weight is 817 g/mol. The van der Waals surface area contributed by atoms with Gasteiger partial charge in [-0.1, -0.05) is 78.9 Å². The third-order valence-electron chi connectivity index (χ3n) is 11.3. The molecule has 0 bridgehead atoms. The molecule has 2 heterocycles. The van der Waals surface area contributed by atoms with E-state index >= 15 is 0 Å². The van der Waals surface area contributed by atoms with Crippen LogP contribution in [0.2, 0.25) is 0 Å². The molecule has 0 aliphatic rings. The van der Waals surface area contributed by atoms with Crippen LogP contribution in [-0.4, -0.2) is 14.5 Å². The van der Waals surface area contributed by atoms with Gasteiger partial charge in [0.25, 0.3) is 0 Å². The van der Waals surface area contributed by atoms with Crippen LogP contribution < -0.4 is 4.90 Å². The quantitative estimate of drug-likeness (QED) is 0.142. The summed E-state index contributed by atoms with van der Waals surface area (Å²) in [4.78, 5) is 20.0. The van der Waals surface area contributed by atoms with E-state index in [-0.39, 0.29) is 0 Å². The Labute approximate surface area is 369 Å². The lowest BCUT2D eigenvalue weighted by Crippen LogP contribution is -2.09. The van der Waals surface area contributed by atoms with E-state index in [4.69, 9.17) is 23.1 Å². The summed E-state index contributed by atoms with van der Waals surface area (Å²) in [5.74, 6) is 0.417. The number of nitrogens with zero attached hydrogens (tertiary/aromatic N) is 8. The molecule has 0 radical (unpaired) electrons. The second-order valence-electron chi connectivity index (χ2n) is 15.1. The van der Waals surface area contributed by atoms with Crippen LogP contribution in [0.25, 0.3) is 82.2 Å². The monoisotopic (exact) mass is 816 g/mol. The molecule has 0 aliphatic carbocycles. The topological polar surface area (TPSA) is 90.2 Å². The van der Waals surface area contributed by atoms with Crippen LogP contribution in [0.5, 0.6) is 0 Å². The summed E-state index contributed by atoms with van der Waals surface area (Å²) in [6.07, 6.45) is 0. The molecule has 0 saturated heterocycles. The minimum absolute atomic E-state index is 0.320. The maximum atomic E-state index is 9.40. The number of nitriles is 2. The molecule has 8 nitrogen and oxygen atoms in total. The first-order chi connectivity index (χ1) is 31.5. The van der Waals surface area contributed by atoms with Crippen molar-refractivity contribution in [2.75, 3.05) is 4.90 Å². The van der Waals surface area contributed by atoms with Crippen LogP contribution in [0.3, 0.4) is 0 Å². The van der Waals surface area contributed by atoms with E-state index in [2.05, 4.69) is 122 Å². The van der Waals surface area contributed by atoms with Gasteiger partial charge in [0.15, 0.2) is 17.2 Å². The normalized spacial score (nSPS) is 10.8. The Balaban J connectivity index is 1.05. The van der Waals surface area contributed by atoms with Gasteiger partial charge >= 0.3 is 0 Å². The smallest absolute Gasteiger partial charge is 0.185 e. The standard InChI is InChI=1S/C56H32N8/c1-59-51-31-42(50-34-49(39-21-17-37(35-57)18-22-39)61-56(62-50)41-23-19-38(36-58)20-24-41)32-52(60-2)55(51)40-25-27-45(28-26-40)64-53-16-10-9-15-47(53)48-33-46(29-30-54(48)64)63(43-11-5-3-6-12-43)44-13-7-4-8-14-44/h3-34H. The molecule has 0 amide bonds. The minimum atomic E-state index is 0.320. The maximum absolute atomic E-state index is 9.40. The summed E-state index contributed by atoms with van der Waals surface area (Å²) < 4.78 is 2.26. The minimum Gasteiger partial charge on any atom is -0.310 e. The largest absolute Gasteiger partial charge is 0.310 e. The number of para-hydroxylation sites is 3. The summed E-state index contributed by atoms with van der Waals surface area (Å²) in [5.41, 5.74) is 12.4. The number of benzene rings is 8. The molecule has 296 valence electrons. The Morgan fingerprint density at radius 2 is 0.969 bits per heavy atom. The molecule has 0 spiro atoms. The van der Waals surface area contributed by atoms with Gasteiger partial charge in [-0.05, 0) is 132 Å². The second kappa shape index (κ2) is 16.5. The molecular weight excluding hydrogens is 785 g/mol. The van der Waals surface area contributed by atoms with E-state index in [1.54, 1.807) is 48.5 Å². The van der Waals surface area contributed by atoms with Crippen molar-refractivity contribution in [3.8, 4) is 62.9 Å². The fraction of sp³-hybridized carbons (Fsp3) is 0. The molecule has 10 rings (SSSR count). The Hall–Kier alpha value is -9.60. The number of hydrogen-bond donors (Lipinski definition) is 0. The van der Waals surface area contributed by atoms with Crippen molar-refractivity contribution in [1.82, 2.24) is 14.5 Å². The second-order valence-corrected chi connectivity index (χ2v) is 15.1. The lowest BCUT2D eigenvalue weighted by Gasteiger charge is -2.25. The zero-order chi connectivity index (χ0) is 43.6. The molecule has 8 aromatic carbocycles. The molecule has 8 heteroatoms. The molecule has 64 heavy (non-hydrogen) atoms. The zero-order valence-electron chi connectivity index (χ0n) is 34.1. The summed E-state index contributed by atoms with van der Waals surface area (Å²) in [7, 11) is 0. The van der Waals surface area contributed by atoms with Crippen molar-refractivity contribution in [3.05, 3.63) is 228 Å². The van der Waals surface area contributed by atoms with E-state index in [0.29, 0.717) is 56.4 Å². The van der Waals surface area contributed by atoms with E-state index in [1.165, 1.54) is 0 Å². The van der Waals surface area contributed by atoms with E-state index in [1.807, 2.05) is 54.6 Å². The van der Waals surface area contributed by atoms with Crippen molar-refractivity contribution in [2.45, 2.75) is 0 Å². The number of fused-ring (bicyclic) bond motifs is 3. The van der Waals surface area contributed by atoms with Gasteiger partial charge in [-0.15, -0.1) is 0 Å². The highest BCUT2D eigenvalue weighted by Crippen LogP contribution is 2.44. The van der Waals surface area contributed by atoms with Gasteiger partial charge in [0.1, 0.15) is 0 Å². The number of anilines is 3. The zero-order valence-corrected chi connectivity index (χ0v) is 34.1. The Morgan fingerprint density at radius 3 is 1.55 bits per heavy atom. The van der Waals surface area contributed by atoms with E-state index < -0.39 is 0 Å². The van der Waals surface area contributed by atoms with Crippen LogP contribution >= 0.6 is 0 Å². The fourth-order valence-electron chi connectivity index (χ4n) is 8.27. The maximum Gasteiger partial charge on any atom is 0.185 e. The van der Waals surface area contributed by atoms with Crippen molar-refractivity contribution >= 4 is 50.2 Å². The highest BCUT2D eigenvalue weighted by Gasteiger charge is 2.20. The van der Waals surface area contributed by atoms with Crippen LogP contribution in [-0.2, 0) is 0 Å². The van der Waals surface area contributed by atoms with Crippen LogP contribution in [0, 0.1) is 35.8 Å². The predicted octanol–water partition coefficient (Wildman–Crippen LogP) is 14.6. The molecule has 0 unspecified atom stereocenters. The lowest BCUT2D eigenvalue weighted by molar-refractivity contribution is 1.18. The van der Waals surface area contributed by atoms with Gasteiger partial charge in [-0.25, -0.2) is 19.7 Å². The summed E-state index contributed by atoms with van der Waals surface area (Å²) in [6, 6.07) is 67.6. The number of rotatable bonds is 8. The van der Waals surface area contributed by atoms with Crippen molar-refractivity contribution in [1.29, 1.82) is 10.5 Å². The first-order valence-corrected chi connectivity index (χ1v) is 20.4. The molecule has 0 aliphatic heterocycles. The molecule has 0 atom stereocenters. The molecule has 0 saturated carbocycles. The van der Waals surface area contributed by atoms with Gasteiger partial charge in [0.05, 0.1) is 58.8 Å². The highest BCUT2D eigenvalue weighted by molar-refractivity contribution is 6.10. The SMILES string of the molecule is [C-]#[N+]c1cc(-c2cc(-c3ccc(C#N)cc3)nc(-c3ccc(C#N)cc3)n2)cc([N+]#[C-])c1-c1ccc(-n2c3ccccc3c3cc(N(c4ccccc4)c4ccccc4)ccc32)cc1. The summed E-state index contributed by atoms with van der Waals surface area (Å²) >= 11 is 0. The molecule has 0 fully saturated rings.